The highest BCUT2D eigenvalue weighted by atomic mass is 35.5. The van der Waals surface area contributed by atoms with Crippen molar-refractivity contribution in [2.75, 3.05) is 6.54 Å². The normalized spacial score (nSPS) is 11.4. The summed E-state index contributed by atoms with van der Waals surface area (Å²) in [5.41, 5.74) is 3.99. The van der Waals surface area contributed by atoms with E-state index in [-0.39, 0.29) is 0 Å². The third kappa shape index (κ3) is 3.63. The second-order valence-corrected chi connectivity index (χ2v) is 6.21. The predicted octanol–water partition coefficient (Wildman–Crippen LogP) is 3.59. The van der Waals surface area contributed by atoms with Gasteiger partial charge in [-0.05, 0) is 44.9 Å². The number of pyridine rings is 1. The van der Waals surface area contributed by atoms with Gasteiger partial charge in [-0.15, -0.1) is 0 Å². The Morgan fingerprint density at radius 1 is 1.19 bits per heavy atom. The fourth-order valence-electron chi connectivity index (χ4n) is 2.22. The molecular formula is C16H23ClN4. The molecule has 2 rings (SSSR count). The van der Waals surface area contributed by atoms with Crippen LogP contribution in [0.4, 0.5) is 0 Å². The van der Waals surface area contributed by atoms with Gasteiger partial charge in [0.05, 0.1) is 16.4 Å². The van der Waals surface area contributed by atoms with Gasteiger partial charge in [-0.3, -0.25) is 0 Å². The van der Waals surface area contributed by atoms with E-state index >= 15 is 0 Å². The molecule has 5 heteroatoms. The van der Waals surface area contributed by atoms with E-state index in [0.29, 0.717) is 10.9 Å². The zero-order valence-electron chi connectivity index (χ0n) is 13.4. The third-order valence-electron chi connectivity index (χ3n) is 3.47. The Labute approximate surface area is 131 Å². The van der Waals surface area contributed by atoms with E-state index in [1.54, 1.807) is 4.68 Å². The van der Waals surface area contributed by atoms with Crippen molar-refractivity contribution in [3.8, 4) is 5.82 Å². The quantitative estimate of drug-likeness (QED) is 0.918. The van der Waals surface area contributed by atoms with Gasteiger partial charge in [0.25, 0.3) is 0 Å². The first-order valence-corrected chi connectivity index (χ1v) is 7.67. The molecule has 0 radical (unpaired) electrons. The zero-order valence-corrected chi connectivity index (χ0v) is 14.1. The average Bonchev–Trinajstić information content (AvgIpc) is 2.68. The number of aromatic nitrogens is 3. The van der Waals surface area contributed by atoms with Gasteiger partial charge in [-0.2, -0.15) is 5.10 Å². The van der Waals surface area contributed by atoms with E-state index in [9.17, 15) is 0 Å². The molecule has 0 unspecified atom stereocenters. The molecule has 0 spiro atoms. The number of hydrogen-bond donors (Lipinski definition) is 1. The van der Waals surface area contributed by atoms with Crippen molar-refractivity contribution in [1.82, 2.24) is 20.1 Å². The summed E-state index contributed by atoms with van der Waals surface area (Å²) in [6.45, 7) is 12.1. The van der Waals surface area contributed by atoms with Gasteiger partial charge in [0.2, 0.25) is 0 Å². The van der Waals surface area contributed by atoms with Crippen LogP contribution in [0.2, 0.25) is 5.02 Å². The summed E-state index contributed by atoms with van der Waals surface area (Å²) in [4.78, 5) is 4.66. The highest BCUT2D eigenvalue weighted by Gasteiger charge is 2.12. The van der Waals surface area contributed by atoms with Crippen molar-refractivity contribution in [1.29, 1.82) is 0 Å². The summed E-state index contributed by atoms with van der Waals surface area (Å²) in [6, 6.07) is 4.10. The van der Waals surface area contributed by atoms with Crippen LogP contribution in [0, 0.1) is 26.7 Å². The van der Waals surface area contributed by atoms with Gasteiger partial charge in [-0.25, -0.2) is 9.67 Å². The predicted molar refractivity (Wildman–Crippen MR) is 87.1 cm³/mol. The van der Waals surface area contributed by atoms with Gasteiger partial charge in [-0.1, -0.05) is 31.5 Å². The fourth-order valence-corrected chi connectivity index (χ4v) is 2.34. The standard InChI is InChI=1S/C16H23ClN4/c1-10(2)8-18-9-14-6-7-15(19-11(14)3)21-13(5)16(17)12(4)20-21/h6-7,10,18H,8-9H2,1-5H3. The van der Waals surface area contributed by atoms with Crippen LogP contribution in [0.5, 0.6) is 0 Å². The SMILES string of the molecule is Cc1nc(-n2nc(C)c(Cl)c2C)ccc1CNCC(C)C. The van der Waals surface area contributed by atoms with E-state index in [1.165, 1.54) is 5.56 Å². The van der Waals surface area contributed by atoms with E-state index in [4.69, 9.17) is 11.6 Å². The van der Waals surface area contributed by atoms with Crippen molar-refractivity contribution in [2.24, 2.45) is 5.92 Å². The number of hydrogen-bond acceptors (Lipinski definition) is 3. The minimum Gasteiger partial charge on any atom is -0.312 e. The van der Waals surface area contributed by atoms with E-state index in [1.807, 2.05) is 26.8 Å². The summed E-state index contributed by atoms with van der Waals surface area (Å²) in [5, 5.41) is 8.59. The topological polar surface area (TPSA) is 42.7 Å². The first-order valence-electron chi connectivity index (χ1n) is 7.29. The number of nitrogens with one attached hydrogen (secondary N) is 1. The van der Waals surface area contributed by atoms with Crippen molar-refractivity contribution < 1.29 is 0 Å². The maximum Gasteiger partial charge on any atom is 0.153 e. The molecule has 2 heterocycles. The van der Waals surface area contributed by atoms with Gasteiger partial charge in [0.1, 0.15) is 0 Å². The minimum absolute atomic E-state index is 0.648. The Balaban J connectivity index is 2.20. The molecule has 0 atom stereocenters. The molecule has 21 heavy (non-hydrogen) atoms. The van der Waals surface area contributed by atoms with Crippen molar-refractivity contribution in [3.63, 3.8) is 0 Å². The lowest BCUT2D eigenvalue weighted by Gasteiger charge is -2.11. The molecule has 0 bridgehead atoms. The Kier molecular flexibility index (Phi) is 5.01. The van der Waals surface area contributed by atoms with Crippen molar-refractivity contribution in [3.05, 3.63) is 39.8 Å². The molecule has 0 saturated heterocycles. The number of halogens is 1. The molecular weight excluding hydrogens is 284 g/mol. The number of aryl methyl sites for hydroxylation is 2. The van der Waals surface area contributed by atoms with Crippen LogP contribution < -0.4 is 5.32 Å². The van der Waals surface area contributed by atoms with Gasteiger partial charge >= 0.3 is 0 Å². The van der Waals surface area contributed by atoms with Crippen LogP contribution in [0.25, 0.3) is 5.82 Å². The van der Waals surface area contributed by atoms with Gasteiger partial charge < -0.3 is 5.32 Å². The lowest BCUT2D eigenvalue weighted by Crippen LogP contribution is -2.20. The Hall–Kier alpha value is -1.39. The first-order chi connectivity index (χ1) is 9.90. The Bertz CT molecular complexity index is 631. The van der Waals surface area contributed by atoms with Crippen molar-refractivity contribution >= 4 is 11.6 Å². The summed E-state index contributed by atoms with van der Waals surface area (Å²) >= 11 is 6.20. The largest absolute Gasteiger partial charge is 0.312 e. The summed E-state index contributed by atoms with van der Waals surface area (Å²) < 4.78 is 1.80. The molecule has 4 nitrogen and oxygen atoms in total. The monoisotopic (exact) mass is 306 g/mol. The van der Waals surface area contributed by atoms with E-state index in [2.05, 4.69) is 35.3 Å². The summed E-state index contributed by atoms with van der Waals surface area (Å²) in [7, 11) is 0. The molecule has 0 saturated carbocycles. The maximum absolute atomic E-state index is 6.20. The first kappa shape index (κ1) is 16.0. The maximum atomic E-state index is 6.20. The van der Waals surface area contributed by atoms with Crippen LogP contribution >= 0.6 is 11.6 Å². The zero-order chi connectivity index (χ0) is 15.6. The molecule has 0 amide bonds. The van der Waals surface area contributed by atoms with Crippen LogP contribution in [0.15, 0.2) is 12.1 Å². The average molecular weight is 307 g/mol. The molecule has 114 valence electrons. The molecule has 0 aliphatic carbocycles. The molecule has 0 fully saturated rings. The van der Waals surface area contributed by atoms with Crippen molar-refractivity contribution in [2.45, 2.75) is 41.2 Å². The molecule has 1 N–H and O–H groups in total. The van der Waals surface area contributed by atoms with E-state index in [0.717, 1.165) is 36.0 Å². The highest BCUT2D eigenvalue weighted by molar-refractivity contribution is 6.31. The molecule has 0 aliphatic rings. The van der Waals surface area contributed by atoms with Crippen LogP contribution in [-0.4, -0.2) is 21.3 Å². The molecule has 2 aromatic rings. The second-order valence-electron chi connectivity index (χ2n) is 5.84. The van der Waals surface area contributed by atoms with Gasteiger partial charge in [0.15, 0.2) is 5.82 Å². The highest BCUT2D eigenvalue weighted by Crippen LogP contribution is 2.22. The third-order valence-corrected chi connectivity index (χ3v) is 4.02. The Morgan fingerprint density at radius 3 is 2.43 bits per heavy atom. The molecule has 0 aromatic carbocycles. The smallest absolute Gasteiger partial charge is 0.153 e. The summed E-state index contributed by atoms with van der Waals surface area (Å²) in [5.74, 6) is 1.46. The lowest BCUT2D eigenvalue weighted by molar-refractivity contribution is 0.550. The van der Waals surface area contributed by atoms with Crippen LogP contribution in [0.1, 0.15) is 36.5 Å². The molecule has 2 aromatic heterocycles. The number of rotatable bonds is 5. The minimum atomic E-state index is 0.648. The Morgan fingerprint density at radius 2 is 1.90 bits per heavy atom. The van der Waals surface area contributed by atoms with Gasteiger partial charge in [0, 0.05) is 12.2 Å². The second kappa shape index (κ2) is 6.58. The molecule has 0 aliphatic heterocycles. The van der Waals surface area contributed by atoms with Crippen LogP contribution in [-0.2, 0) is 6.54 Å². The van der Waals surface area contributed by atoms with Crippen LogP contribution in [0.3, 0.4) is 0 Å². The van der Waals surface area contributed by atoms with E-state index < -0.39 is 0 Å². The number of nitrogens with zero attached hydrogens (tertiary/aromatic N) is 3. The summed E-state index contributed by atoms with van der Waals surface area (Å²) in [6.07, 6.45) is 0. The lowest BCUT2D eigenvalue weighted by atomic mass is 10.2. The fraction of sp³-hybridized carbons (Fsp3) is 0.500.